The van der Waals surface area contributed by atoms with E-state index in [0.29, 0.717) is 5.92 Å². The summed E-state index contributed by atoms with van der Waals surface area (Å²) in [5.41, 5.74) is 5.93. The highest BCUT2D eigenvalue weighted by Crippen LogP contribution is 2.66. The zero-order valence-electron chi connectivity index (χ0n) is 18.4. The van der Waals surface area contributed by atoms with Crippen molar-refractivity contribution in [3.8, 4) is 10.6 Å². The number of benzene rings is 1. The molecule has 1 N–H and O–H groups in total. The molecular formula is C27H33NOS. The Kier molecular flexibility index (Phi) is 4.19. The second kappa shape index (κ2) is 6.53. The molecule has 2 saturated carbocycles. The zero-order chi connectivity index (χ0) is 20.7. The Hall–Kier alpha value is -1.45. The molecular weight excluding hydrogens is 386 g/mol. The number of fused-ring (bicyclic) bond motifs is 7. The van der Waals surface area contributed by atoms with E-state index in [1.807, 2.05) is 11.3 Å². The van der Waals surface area contributed by atoms with E-state index >= 15 is 0 Å². The van der Waals surface area contributed by atoms with Crippen LogP contribution in [0.25, 0.3) is 16.1 Å². The molecule has 2 aromatic rings. The summed E-state index contributed by atoms with van der Waals surface area (Å²) < 4.78 is 0. The van der Waals surface area contributed by atoms with Gasteiger partial charge in [0.05, 0.1) is 16.7 Å². The minimum atomic E-state index is -0.0852. The number of aryl methyl sites for hydroxylation is 2. The molecule has 6 rings (SSSR count). The largest absolute Gasteiger partial charge is 0.393 e. The van der Waals surface area contributed by atoms with Crippen molar-refractivity contribution < 1.29 is 5.11 Å². The lowest BCUT2D eigenvalue weighted by Crippen LogP contribution is -2.50. The predicted molar refractivity (Wildman–Crippen MR) is 124 cm³/mol. The van der Waals surface area contributed by atoms with E-state index < -0.39 is 0 Å². The molecule has 4 aliphatic rings. The number of thiazole rings is 1. The van der Waals surface area contributed by atoms with Crippen molar-refractivity contribution in [2.24, 2.45) is 28.6 Å². The molecule has 0 unspecified atom stereocenters. The Morgan fingerprint density at radius 1 is 1.10 bits per heavy atom. The smallest absolute Gasteiger partial charge is 0.124 e. The predicted octanol–water partition coefficient (Wildman–Crippen LogP) is 6.66. The van der Waals surface area contributed by atoms with Crippen LogP contribution >= 0.6 is 11.3 Å². The standard InChI is InChI=1S/C27H33NOS/c1-16-5-4-6-17(15-16)25-28-22-12-14-26(2)20-11-13-27(3)19(9-10-23(27)29)18(20)7-8-21(26)24(22)30-25/h4-6,8,15,18-20,23,29H,7,9-14H2,1-3H3/t18-,19-,20-,23-,26+,27-/m0/s1. The average molecular weight is 420 g/mol. The molecule has 0 bridgehead atoms. The van der Waals surface area contributed by atoms with E-state index in [0.717, 1.165) is 24.7 Å². The van der Waals surface area contributed by atoms with Crippen molar-refractivity contribution in [2.75, 3.05) is 0 Å². The van der Waals surface area contributed by atoms with Crippen LogP contribution in [-0.2, 0) is 6.42 Å². The number of aromatic nitrogens is 1. The quantitative estimate of drug-likeness (QED) is 0.560. The second-order valence-electron chi connectivity index (χ2n) is 10.9. The number of hydrogen-bond donors (Lipinski definition) is 1. The van der Waals surface area contributed by atoms with Crippen LogP contribution in [-0.4, -0.2) is 16.2 Å². The molecule has 4 aliphatic carbocycles. The second-order valence-corrected chi connectivity index (χ2v) is 11.9. The summed E-state index contributed by atoms with van der Waals surface area (Å²) >= 11 is 1.92. The lowest BCUT2D eigenvalue weighted by atomic mass is 9.48. The van der Waals surface area contributed by atoms with Crippen LogP contribution in [0.1, 0.15) is 68.5 Å². The van der Waals surface area contributed by atoms with Crippen molar-refractivity contribution in [1.29, 1.82) is 0 Å². The molecule has 0 spiro atoms. The molecule has 0 radical (unpaired) electrons. The molecule has 1 heterocycles. The first-order valence-electron chi connectivity index (χ1n) is 11.9. The van der Waals surface area contributed by atoms with E-state index in [4.69, 9.17) is 4.98 Å². The number of aliphatic hydroxyl groups is 1. The maximum atomic E-state index is 10.7. The topological polar surface area (TPSA) is 33.1 Å². The Bertz CT molecular complexity index is 1040. The van der Waals surface area contributed by atoms with Gasteiger partial charge in [-0.1, -0.05) is 43.7 Å². The van der Waals surface area contributed by atoms with Gasteiger partial charge in [-0.25, -0.2) is 4.98 Å². The Balaban J connectivity index is 1.39. The highest BCUT2D eigenvalue weighted by atomic mass is 32.1. The van der Waals surface area contributed by atoms with Gasteiger partial charge in [-0.2, -0.15) is 0 Å². The van der Waals surface area contributed by atoms with Gasteiger partial charge < -0.3 is 5.11 Å². The van der Waals surface area contributed by atoms with Crippen LogP contribution < -0.4 is 0 Å². The summed E-state index contributed by atoms with van der Waals surface area (Å²) in [4.78, 5) is 6.58. The molecule has 158 valence electrons. The molecule has 30 heavy (non-hydrogen) atoms. The molecule has 0 amide bonds. The van der Waals surface area contributed by atoms with Gasteiger partial charge in [0, 0.05) is 5.56 Å². The van der Waals surface area contributed by atoms with Gasteiger partial charge in [-0.15, -0.1) is 11.3 Å². The minimum Gasteiger partial charge on any atom is -0.393 e. The summed E-state index contributed by atoms with van der Waals surface area (Å²) in [5, 5.41) is 11.9. The molecule has 1 aromatic carbocycles. The van der Waals surface area contributed by atoms with E-state index in [1.54, 1.807) is 5.57 Å². The van der Waals surface area contributed by atoms with E-state index in [1.165, 1.54) is 58.8 Å². The summed E-state index contributed by atoms with van der Waals surface area (Å²) in [6.07, 6.45) is 10.8. The third-order valence-corrected chi connectivity index (χ3v) is 10.7. The van der Waals surface area contributed by atoms with E-state index in [-0.39, 0.29) is 16.9 Å². The van der Waals surface area contributed by atoms with Crippen molar-refractivity contribution in [2.45, 2.75) is 71.8 Å². The number of allylic oxidation sites excluding steroid dienone is 2. The molecule has 0 saturated heterocycles. The van der Waals surface area contributed by atoms with Crippen molar-refractivity contribution in [3.63, 3.8) is 0 Å². The van der Waals surface area contributed by atoms with Crippen LogP contribution in [0.2, 0.25) is 0 Å². The average Bonchev–Trinajstić information content (AvgIpc) is 3.29. The van der Waals surface area contributed by atoms with Gasteiger partial charge in [0.25, 0.3) is 0 Å². The first-order chi connectivity index (χ1) is 14.4. The third kappa shape index (κ3) is 2.54. The molecule has 3 heteroatoms. The number of aliphatic hydroxyl groups excluding tert-OH is 1. The molecule has 0 aliphatic heterocycles. The molecule has 6 atom stereocenters. The third-order valence-electron chi connectivity index (χ3n) is 9.50. The van der Waals surface area contributed by atoms with Gasteiger partial charge in [-0.05, 0) is 92.1 Å². The Labute approximate surface area is 184 Å². The lowest BCUT2D eigenvalue weighted by Gasteiger charge is -2.56. The number of rotatable bonds is 1. The summed E-state index contributed by atoms with van der Waals surface area (Å²) in [6, 6.07) is 8.78. The van der Waals surface area contributed by atoms with Crippen LogP contribution in [0.5, 0.6) is 0 Å². The van der Waals surface area contributed by atoms with Gasteiger partial charge in [0.1, 0.15) is 5.01 Å². The summed E-state index contributed by atoms with van der Waals surface area (Å²) in [7, 11) is 0. The highest BCUT2D eigenvalue weighted by molar-refractivity contribution is 7.16. The van der Waals surface area contributed by atoms with E-state index in [9.17, 15) is 5.11 Å². The van der Waals surface area contributed by atoms with Crippen LogP contribution in [0.3, 0.4) is 0 Å². The first kappa shape index (κ1) is 19.3. The number of nitrogens with zero attached hydrogens (tertiary/aromatic N) is 1. The normalized spacial score (nSPS) is 39.5. The molecule has 1 aromatic heterocycles. The van der Waals surface area contributed by atoms with Crippen LogP contribution in [0, 0.1) is 35.5 Å². The highest BCUT2D eigenvalue weighted by Gasteiger charge is 2.58. The molecule has 2 nitrogen and oxygen atoms in total. The fourth-order valence-corrected chi connectivity index (χ4v) is 9.04. The van der Waals surface area contributed by atoms with Crippen molar-refractivity contribution in [3.05, 3.63) is 46.5 Å². The maximum absolute atomic E-state index is 10.7. The van der Waals surface area contributed by atoms with Gasteiger partial charge in [0.2, 0.25) is 0 Å². The molecule has 2 fully saturated rings. The van der Waals surface area contributed by atoms with Crippen molar-refractivity contribution in [1.82, 2.24) is 4.98 Å². The van der Waals surface area contributed by atoms with Gasteiger partial charge >= 0.3 is 0 Å². The maximum Gasteiger partial charge on any atom is 0.124 e. The summed E-state index contributed by atoms with van der Waals surface area (Å²) in [5.74, 6) is 2.21. The lowest BCUT2D eigenvalue weighted by molar-refractivity contribution is -0.0579. The fourth-order valence-electron chi connectivity index (χ4n) is 7.75. The minimum absolute atomic E-state index is 0.0852. The number of hydrogen-bond acceptors (Lipinski definition) is 3. The summed E-state index contributed by atoms with van der Waals surface area (Å²) in [6.45, 7) is 7.09. The van der Waals surface area contributed by atoms with Crippen molar-refractivity contribution >= 4 is 16.9 Å². The zero-order valence-corrected chi connectivity index (χ0v) is 19.3. The first-order valence-corrected chi connectivity index (χ1v) is 12.7. The Morgan fingerprint density at radius 2 is 1.97 bits per heavy atom. The van der Waals surface area contributed by atoms with E-state index in [2.05, 4.69) is 51.1 Å². The van der Waals surface area contributed by atoms with Gasteiger partial charge in [0.15, 0.2) is 0 Å². The fraction of sp³-hybridized carbons (Fsp3) is 0.593. The van der Waals surface area contributed by atoms with Crippen LogP contribution in [0.4, 0.5) is 0 Å². The van der Waals surface area contributed by atoms with Gasteiger partial charge in [-0.3, -0.25) is 0 Å². The Morgan fingerprint density at radius 3 is 2.80 bits per heavy atom. The monoisotopic (exact) mass is 419 g/mol. The van der Waals surface area contributed by atoms with Crippen LogP contribution in [0.15, 0.2) is 30.3 Å². The SMILES string of the molecule is Cc1cccc(-c2nc3c(s2)C2=CC[C@H]4[C@@H]5CC[C@H](O)[C@@]5(C)CC[C@@H]4[C@@]2(C)CC3)c1.